The highest BCUT2D eigenvalue weighted by molar-refractivity contribution is 5.98. The number of carbonyl (C=O) groups excluding carboxylic acids is 1. The maximum Gasteiger partial charge on any atom is 0.267 e. The number of aromatic amines is 1. The predicted octanol–water partition coefficient (Wildman–Crippen LogP) is 1.03. The summed E-state index contributed by atoms with van der Waals surface area (Å²) in [6, 6.07) is 3.64. The highest BCUT2D eigenvalue weighted by Gasteiger charge is 2.22. The quantitative estimate of drug-likeness (QED) is 0.397. The largest absolute Gasteiger partial charge is 0.504 e. The van der Waals surface area contributed by atoms with Crippen molar-refractivity contribution in [1.29, 1.82) is 5.26 Å². The normalized spacial score (nSPS) is 11.1. The van der Waals surface area contributed by atoms with Gasteiger partial charge in [-0.1, -0.05) is 0 Å². The van der Waals surface area contributed by atoms with Crippen molar-refractivity contribution in [3.05, 3.63) is 23.7 Å². The van der Waals surface area contributed by atoms with Crippen LogP contribution in [-0.2, 0) is 13.6 Å². The number of aromatic nitrogens is 8. The molecule has 0 spiro atoms. The van der Waals surface area contributed by atoms with Crippen molar-refractivity contribution in [2.24, 2.45) is 12.8 Å². The number of pyridine rings is 1. The molecule has 4 heterocycles. The minimum absolute atomic E-state index is 0.0390. The first-order valence-electron chi connectivity index (χ1n) is 9.09. The van der Waals surface area contributed by atoms with E-state index in [0.717, 1.165) is 0 Å². The van der Waals surface area contributed by atoms with Gasteiger partial charge in [0.1, 0.15) is 22.8 Å². The second kappa shape index (κ2) is 7.28. The van der Waals surface area contributed by atoms with Crippen LogP contribution in [0.5, 0.6) is 5.75 Å². The minimum Gasteiger partial charge on any atom is -0.504 e. The zero-order chi connectivity index (χ0) is 21.4. The highest BCUT2D eigenvalue weighted by Crippen LogP contribution is 2.32. The first kappa shape index (κ1) is 19.1. The molecule has 0 saturated carbocycles. The molecule has 12 heteroatoms. The summed E-state index contributed by atoms with van der Waals surface area (Å²) >= 11 is 0. The maximum absolute atomic E-state index is 11.7. The van der Waals surface area contributed by atoms with Gasteiger partial charge in [-0.25, -0.2) is 9.97 Å². The summed E-state index contributed by atoms with van der Waals surface area (Å²) in [5.41, 5.74) is 7.27. The fourth-order valence-electron chi connectivity index (χ4n) is 3.19. The van der Waals surface area contributed by atoms with E-state index in [1.807, 2.05) is 0 Å². The first-order valence-corrected chi connectivity index (χ1v) is 9.09. The molecule has 0 saturated heterocycles. The summed E-state index contributed by atoms with van der Waals surface area (Å²) in [6.45, 7) is 2.10. The number of hydrogen-bond donors (Lipinski definition) is 3. The number of nitriles is 1. The topological polar surface area (TPSA) is 177 Å². The van der Waals surface area contributed by atoms with Gasteiger partial charge >= 0.3 is 0 Å². The standard InChI is InChI=1S/C18H18N10O2/c1-9-15(29)14(28(26-9)6-4-3-5-19)18-23-17(24-25-18)13-10-8-21-27(2)12(10)7-11(22-13)16(20)30/h7-8,29H,3-4,6H2,1-2H3,(H2,20,30)(H,23,24,25). The van der Waals surface area contributed by atoms with E-state index in [-0.39, 0.29) is 23.1 Å². The molecule has 1 amide bonds. The Bertz CT molecular complexity index is 1310. The molecule has 4 N–H and O–H groups in total. The molecule has 0 bridgehead atoms. The van der Waals surface area contributed by atoms with Crippen molar-refractivity contribution < 1.29 is 9.90 Å². The van der Waals surface area contributed by atoms with Crippen molar-refractivity contribution in [2.45, 2.75) is 26.3 Å². The summed E-state index contributed by atoms with van der Waals surface area (Å²) in [7, 11) is 1.74. The van der Waals surface area contributed by atoms with Gasteiger partial charge in [0.25, 0.3) is 5.91 Å². The van der Waals surface area contributed by atoms with Crippen LogP contribution in [-0.4, -0.2) is 50.7 Å². The maximum atomic E-state index is 11.7. The molecule has 4 aromatic heterocycles. The van der Waals surface area contributed by atoms with Crippen LogP contribution >= 0.6 is 0 Å². The molecule has 0 fully saturated rings. The van der Waals surface area contributed by atoms with Gasteiger partial charge in [-0.3, -0.25) is 19.3 Å². The second-order valence-corrected chi connectivity index (χ2v) is 6.70. The van der Waals surface area contributed by atoms with E-state index in [9.17, 15) is 9.90 Å². The van der Waals surface area contributed by atoms with E-state index >= 15 is 0 Å². The van der Waals surface area contributed by atoms with Crippen molar-refractivity contribution in [3.63, 3.8) is 0 Å². The van der Waals surface area contributed by atoms with E-state index in [0.29, 0.717) is 47.4 Å². The molecule has 0 aliphatic heterocycles. The Hall–Kier alpha value is -4.27. The fourth-order valence-corrected chi connectivity index (χ4v) is 3.19. The Morgan fingerprint density at radius 3 is 2.93 bits per heavy atom. The first-order chi connectivity index (χ1) is 14.4. The number of nitrogens with one attached hydrogen (secondary N) is 1. The molecule has 30 heavy (non-hydrogen) atoms. The number of amides is 1. The number of fused-ring (bicyclic) bond motifs is 1. The molecule has 4 aromatic rings. The molecule has 4 rings (SSSR count). The van der Waals surface area contributed by atoms with E-state index in [1.54, 1.807) is 35.6 Å². The smallest absolute Gasteiger partial charge is 0.267 e. The van der Waals surface area contributed by atoms with Gasteiger partial charge in [-0.15, -0.1) is 0 Å². The lowest BCUT2D eigenvalue weighted by Crippen LogP contribution is -2.13. The van der Waals surface area contributed by atoms with Crippen LogP contribution in [0.3, 0.4) is 0 Å². The summed E-state index contributed by atoms with van der Waals surface area (Å²) in [5, 5.41) is 35.4. The van der Waals surface area contributed by atoms with Crippen molar-refractivity contribution in [2.75, 3.05) is 0 Å². The lowest BCUT2D eigenvalue weighted by atomic mass is 10.2. The molecule has 152 valence electrons. The van der Waals surface area contributed by atoms with Crippen LogP contribution in [0.15, 0.2) is 12.3 Å². The minimum atomic E-state index is -0.678. The van der Waals surface area contributed by atoms with Gasteiger partial charge in [0.2, 0.25) is 5.82 Å². The zero-order valence-electron chi connectivity index (χ0n) is 16.3. The van der Waals surface area contributed by atoms with Gasteiger partial charge in [0.05, 0.1) is 17.8 Å². The number of H-pyrrole nitrogens is 1. The number of carbonyl (C=O) groups is 1. The van der Waals surface area contributed by atoms with Crippen LogP contribution in [0.25, 0.3) is 33.9 Å². The van der Waals surface area contributed by atoms with E-state index < -0.39 is 5.91 Å². The molecule has 0 aliphatic rings. The number of nitrogens with two attached hydrogens (primary N) is 1. The van der Waals surface area contributed by atoms with Crippen LogP contribution in [0, 0.1) is 18.3 Å². The summed E-state index contributed by atoms with van der Waals surface area (Å²) in [5.74, 6) is -0.220. The number of unbranched alkanes of at least 4 members (excludes halogenated alkanes) is 1. The number of hydrogen-bond acceptors (Lipinski definition) is 8. The molecule has 0 atom stereocenters. The molecular weight excluding hydrogens is 388 g/mol. The molecule has 12 nitrogen and oxygen atoms in total. The third kappa shape index (κ3) is 3.12. The van der Waals surface area contributed by atoms with Crippen LogP contribution in [0.1, 0.15) is 29.0 Å². The van der Waals surface area contributed by atoms with Gasteiger partial charge in [-0.05, 0) is 19.4 Å². The lowest BCUT2D eigenvalue weighted by Gasteiger charge is -2.04. The molecule has 0 unspecified atom stereocenters. The third-order valence-corrected chi connectivity index (χ3v) is 4.67. The Balaban J connectivity index is 1.82. The molecular formula is C18H18N10O2. The zero-order valence-corrected chi connectivity index (χ0v) is 16.3. The average Bonchev–Trinajstić information content (AvgIpc) is 3.41. The van der Waals surface area contributed by atoms with Crippen molar-refractivity contribution >= 4 is 16.8 Å². The van der Waals surface area contributed by atoms with Crippen LogP contribution < -0.4 is 5.73 Å². The van der Waals surface area contributed by atoms with E-state index in [4.69, 9.17) is 11.0 Å². The van der Waals surface area contributed by atoms with Crippen LogP contribution in [0.4, 0.5) is 0 Å². The molecule has 0 radical (unpaired) electrons. The van der Waals surface area contributed by atoms with Crippen molar-refractivity contribution in [3.8, 4) is 34.9 Å². The van der Waals surface area contributed by atoms with E-state index in [1.165, 1.54) is 0 Å². The summed E-state index contributed by atoms with van der Waals surface area (Å²) in [4.78, 5) is 20.5. The monoisotopic (exact) mass is 406 g/mol. The van der Waals surface area contributed by atoms with E-state index in [2.05, 4.69) is 36.4 Å². The van der Waals surface area contributed by atoms with Gasteiger partial charge in [0, 0.05) is 25.4 Å². The Morgan fingerprint density at radius 1 is 1.40 bits per heavy atom. The fraction of sp³-hybridized carbons (Fsp3) is 0.278. The predicted molar refractivity (Wildman–Crippen MR) is 105 cm³/mol. The van der Waals surface area contributed by atoms with Gasteiger partial charge in [0.15, 0.2) is 11.6 Å². The number of rotatable bonds is 6. The number of nitrogens with zero attached hydrogens (tertiary/aromatic N) is 8. The van der Waals surface area contributed by atoms with Crippen molar-refractivity contribution in [1.82, 2.24) is 39.7 Å². The number of aryl methyl sites for hydroxylation is 3. The third-order valence-electron chi connectivity index (χ3n) is 4.67. The number of aromatic hydroxyl groups is 1. The molecule has 0 aromatic carbocycles. The second-order valence-electron chi connectivity index (χ2n) is 6.70. The lowest BCUT2D eigenvalue weighted by molar-refractivity contribution is 0.0996. The number of primary amides is 1. The summed E-state index contributed by atoms with van der Waals surface area (Å²) in [6.07, 6.45) is 2.54. The van der Waals surface area contributed by atoms with Gasteiger partial charge < -0.3 is 10.8 Å². The highest BCUT2D eigenvalue weighted by atomic mass is 16.3. The Morgan fingerprint density at radius 2 is 2.20 bits per heavy atom. The molecule has 0 aliphatic carbocycles. The summed E-state index contributed by atoms with van der Waals surface area (Å²) < 4.78 is 3.17. The Labute approximate surface area is 170 Å². The van der Waals surface area contributed by atoms with Crippen LogP contribution in [0.2, 0.25) is 0 Å². The Kier molecular flexibility index (Phi) is 4.63. The SMILES string of the molecule is Cc1nn(CCCC#N)c(-c2n[nH]c(-c3nc(C(N)=O)cc4c3cnn4C)n2)c1O. The van der Waals surface area contributed by atoms with Gasteiger partial charge in [-0.2, -0.15) is 20.6 Å². The average molecular weight is 406 g/mol.